The van der Waals surface area contributed by atoms with E-state index in [1.54, 1.807) is 29.5 Å². The SMILES string of the molecule is CS(=O)(=O)c1cccc(-c2ccc(-c3cc(C4(N)CCCC4)nn3-c3ccccc3Cl)s2)c1. The third-order valence-electron chi connectivity index (χ3n) is 6.20. The predicted molar refractivity (Wildman–Crippen MR) is 135 cm³/mol. The zero-order valence-electron chi connectivity index (χ0n) is 18.2. The fourth-order valence-electron chi connectivity index (χ4n) is 4.38. The summed E-state index contributed by atoms with van der Waals surface area (Å²) in [4.78, 5) is 2.30. The standard InChI is InChI=1S/C25H24ClN3O2S2/c1-33(30,31)18-8-6-7-17(15-18)22-11-12-23(32-22)21-16-24(25(27)13-4-5-14-25)28-29(21)20-10-3-2-9-19(20)26/h2-3,6-12,15-16H,4-5,13-14,27H2,1H3. The molecule has 0 bridgehead atoms. The van der Waals surface area contributed by atoms with E-state index in [2.05, 4.69) is 6.07 Å². The molecule has 5 rings (SSSR count). The van der Waals surface area contributed by atoms with Crippen molar-refractivity contribution in [3.63, 3.8) is 0 Å². The van der Waals surface area contributed by atoms with E-state index in [1.165, 1.54) is 6.26 Å². The van der Waals surface area contributed by atoms with Gasteiger partial charge < -0.3 is 5.73 Å². The largest absolute Gasteiger partial charge is 0.320 e. The van der Waals surface area contributed by atoms with E-state index < -0.39 is 15.4 Å². The van der Waals surface area contributed by atoms with E-state index in [9.17, 15) is 8.42 Å². The van der Waals surface area contributed by atoms with E-state index in [0.717, 1.165) is 58.1 Å². The Kier molecular flexibility index (Phi) is 5.69. The highest BCUT2D eigenvalue weighted by Gasteiger charge is 2.35. The lowest BCUT2D eigenvalue weighted by Crippen LogP contribution is -2.33. The van der Waals surface area contributed by atoms with Crippen LogP contribution in [0.2, 0.25) is 5.02 Å². The summed E-state index contributed by atoms with van der Waals surface area (Å²) in [5, 5.41) is 5.55. The molecule has 2 aromatic heterocycles. The maximum Gasteiger partial charge on any atom is 0.175 e. The first-order chi connectivity index (χ1) is 15.7. The molecule has 2 heterocycles. The molecule has 4 aromatic rings. The van der Waals surface area contributed by atoms with Crippen LogP contribution in [0.1, 0.15) is 31.4 Å². The molecule has 0 radical (unpaired) electrons. The van der Waals surface area contributed by atoms with Crippen LogP contribution in [0, 0.1) is 0 Å². The molecule has 1 aliphatic carbocycles. The van der Waals surface area contributed by atoms with Crippen LogP contribution in [0.15, 0.2) is 71.6 Å². The lowest BCUT2D eigenvalue weighted by molar-refractivity contribution is 0.443. The van der Waals surface area contributed by atoms with E-state index in [1.807, 2.05) is 47.1 Å². The van der Waals surface area contributed by atoms with Crippen molar-refractivity contribution in [1.82, 2.24) is 9.78 Å². The average Bonchev–Trinajstić information content (AvgIpc) is 3.53. The molecular weight excluding hydrogens is 474 g/mol. The monoisotopic (exact) mass is 497 g/mol. The average molecular weight is 498 g/mol. The number of rotatable bonds is 5. The number of hydrogen-bond acceptors (Lipinski definition) is 5. The van der Waals surface area contributed by atoms with E-state index in [-0.39, 0.29) is 0 Å². The molecule has 0 amide bonds. The zero-order valence-corrected chi connectivity index (χ0v) is 20.6. The minimum absolute atomic E-state index is 0.310. The van der Waals surface area contributed by atoms with Gasteiger partial charge in [-0.15, -0.1) is 11.3 Å². The highest BCUT2D eigenvalue weighted by Crippen LogP contribution is 2.41. The van der Waals surface area contributed by atoms with Crippen LogP contribution in [0.25, 0.3) is 26.7 Å². The van der Waals surface area contributed by atoms with Gasteiger partial charge in [0.1, 0.15) is 0 Å². The summed E-state index contributed by atoms with van der Waals surface area (Å²) in [5.41, 5.74) is 9.79. The van der Waals surface area contributed by atoms with Crippen LogP contribution >= 0.6 is 22.9 Å². The minimum atomic E-state index is -3.28. The molecule has 0 aliphatic heterocycles. The maximum atomic E-state index is 12.0. The van der Waals surface area contributed by atoms with Gasteiger partial charge in [-0.25, -0.2) is 13.1 Å². The second kappa shape index (κ2) is 8.40. The molecule has 8 heteroatoms. The second-order valence-electron chi connectivity index (χ2n) is 8.61. The molecular formula is C25H24ClN3O2S2. The van der Waals surface area contributed by atoms with Crippen LogP contribution in [0.4, 0.5) is 0 Å². The molecule has 170 valence electrons. The van der Waals surface area contributed by atoms with Crippen LogP contribution in [-0.4, -0.2) is 24.5 Å². The van der Waals surface area contributed by atoms with Crippen LogP contribution in [0.3, 0.4) is 0 Å². The van der Waals surface area contributed by atoms with Gasteiger partial charge in [-0.3, -0.25) is 0 Å². The van der Waals surface area contributed by atoms with Gasteiger partial charge in [-0.1, -0.05) is 48.7 Å². The normalized spacial score (nSPS) is 15.7. The molecule has 0 saturated heterocycles. The molecule has 0 unspecified atom stereocenters. The smallest absolute Gasteiger partial charge is 0.175 e. The van der Waals surface area contributed by atoms with Crippen molar-refractivity contribution in [2.45, 2.75) is 36.1 Å². The maximum absolute atomic E-state index is 12.0. The number of thiophene rings is 1. The number of nitrogens with zero attached hydrogens (tertiary/aromatic N) is 2. The number of benzene rings is 2. The number of aromatic nitrogens is 2. The van der Waals surface area contributed by atoms with Crippen molar-refractivity contribution >= 4 is 32.8 Å². The Morgan fingerprint density at radius 3 is 2.45 bits per heavy atom. The topological polar surface area (TPSA) is 78.0 Å². The molecule has 5 nitrogen and oxygen atoms in total. The molecule has 2 aromatic carbocycles. The molecule has 33 heavy (non-hydrogen) atoms. The van der Waals surface area contributed by atoms with Crippen molar-refractivity contribution in [3.8, 4) is 26.7 Å². The highest BCUT2D eigenvalue weighted by molar-refractivity contribution is 7.90. The first-order valence-corrected chi connectivity index (χ1v) is 13.9. The second-order valence-corrected chi connectivity index (χ2v) is 12.1. The Labute approximate surface area is 202 Å². The van der Waals surface area contributed by atoms with Gasteiger partial charge in [0.2, 0.25) is 0 Å². The Bertz CT molecular complexity index is 1430. The number of hydrogen-bond donors (Lipinski definition) is 1. The van der Waals surface area contributed by atoms with E-state index in [4.69, 9.17) is 22.4 Å². The third kappa shape index (κ3) is 4.26. The van der Waals surface area contributed by atoms with Crippen molar-refractivity contribution in [2.75, 3.05) is 6.26 Å². The fraction of sp³-hybridized carbons (Fsp3) is 0.240. The molecule has 2 N–H and O–H groups in total. The number of sulfone groups is 1. The molecule has 1 saturated carbocycles. The van der Waals surface area contributed by atoms with Crippen molar-refractivity contribution in [3.05, 3.63) is 77.4 Å². The summed E-state index contributed by atoms with van der Waals surface area (Å²) in [6.07, 6.45) is 5.26. The quantitative estimate of drug-likeness (QED) is 0.364. The molecule has 0 atom stereocenters. The first kappa shape index (κ1) is 22.3. The third-order valence-corrected chi connectivity index (χ3v) is 8.79. The molecule has 1 aliphatic rings. The van der Waals surface area contributed by atoms with Crippen LogP contribution in [0.5, 0.6) is 0 Å². The zero-order chi connectivity index (χ0) is 23.2. The minimum Gasteiger partial charge on any atom is -0.320 e. The van der Waals surface area contributed by atoms with Gasteiger partial charge in [-0.05, 0) is 60.9 Å². The summed E-state index contributed by atoms with van der Waals surface area (Å²) in [5.74, 6) is 0. The molecule has 1 fully saturated rings. The predicted octanol–water partition coefficient (Wildman–Crippen LogP) is 6.05. The Balaban J connectivity index is 1.62. The number of nitrogens with two attached hydrogens (primary N) is 1. The fourth-order valence-corrected chi connectivity index (χ4v) is 6.27. The number of halogens is 1. The highest BCUT2D eigenvalue weighted by atomic mass is 35.5. The summed E-state index contributed by atoms with van der Waals surface area (Å²) < 4.78 is 25.9. The van der Waals surface area contributed by atoms with Crippen LogP contribution in [-0.2, 0) is 15.4 Å². The lowest BCUT2D eigenvalue weighted by atomic mass is 9.95. The van der Waals surface area contributed by atoms with Gasteiger partial charge >= 0.3 is 0 Å². The van der Waals surface area contributed by atoms with Crippen molar-refractivity contribution in [1.29, 1.82) is 0 Å². The van der Waals surface area contributed by atoms with Gasteiger partial charge in [-0.2, -0.15) is 5.10 Å². The van der Waals surface area contributed by atoms with Crippen molar-refractivity contribution < 1.29 is 8.42 Å². The molecule has 0 spiro atoms. The Morgan fingerprint density at radius 2 is 1.73 bits per heavy atom. The number of para-hydroxylation sites is 1. The summed E-state index contributed by atoms with van der Waals surface area (Å²) in [6, 6.07) is 20.8. The Morgan fingerprint density at radius 1 is 1.00 bits per heavy atom. The Hall–Kier alpha value is -2.45. The van der Waals surface area contributed by atoms with E-state index >= 15 is 0 Å². The van der Waals surface area contributed by atoms with Gasteiger partial charge in [0.15, 0.2) is 9.84 Å². The van der Waals surface area contributed by atoms with E-state index in [0.29, 0.717) is 9.92 Å². The van der Waals surface area contributed by atoms with Gasteiger partial charge in [0.05, 0.1) is 37.4 Å². The summed E-state index contributed by atoms with van der Waals surface area (Å²) in [7, 11) is -3.28. The first-order valence-electron chi connectivity index (χ1n) is 10.8. The van der Waals surface area contributed by atoms with Gasteiger partial charge in [0.25, 0.3) is 0 Å². The van der Waals surface area contributed by atoms with Gasteiger partial charge in [0, 0.05) is 11.1 Å². The summed E-state index contributed by atoms with van der Waals surface area (Å²) in [6.45, 7) is 0. The van der Waals surface area contributed by atoms with Crippen molar-refractivity contribution in [2.24, 2.45) is 5.73 Å². The summed E-state index contributed by atoms with van der Waals surface area (Å²) >= 11 is 8.13. The van der Waals surface area contributed by atoms with Crippen LogP contribution < -0.4 is 5.73 Å². The lowest BCUT2D eigenvalue weighted by Gasteiger charge is -2.20.